The Morgan fingerprint density at radius 1 is 1.11 bits per heavy atom. The van der Waals surface area contributed by atoms with Crippen molar-refractivity contribution < 1.29 is 36.3 Å². The third-order valence-electron chi connectivity index (χ3n) is 7.41. The zero-order chi connectivity index (χ0) is 26.3. The average Bonchev–Trinajstić information content (AvgIpc) is 2.82. The zero-order valence-corrected chi connectivity index (χ0v) is 20.1. The SMILES string of the molecule is CO[C@@](C(=O)N1CCC2(CC1)CC(=O)NC[C@H]2c1ccc(F)cc1)(c1ccc(F)c(Cl)c1)C(F)(F)F. The number of methoxy groups -OCH3 is 1. The molecule has 2 aliphatic heterocycles. The smallest absolute Gasteiger partial charge is 0.356 e. The number of rotatable bonds is 4. The van der Waals surface area contributed by atoms with Crippen molar-refractivity contribution in [3.63, 3.8) is 0 Å². The molecule has 11 heteroatoms. The number of carbonyl (C=O) groups is 2. The molecular weight excluding hydrogens is 507 g/mol. The molecule has 0 aromatic heterocycles. The minimum atomic E-state index is -5.17. The van der Waals surface area contributed by atoms with Crippen molar-refractivity contribution in [3.05, 3.63) is 70.2 Å². The van der Waals surface area contributed by atoms with Crippen molar-refractivity contribution >= 4 is 23.4 Å². The Balaban J connectivity index is 1.64. The van der Waals surface area contributed by atoms with Crippen molar-refractivity contribution in [2.24, 2.45) is 5.41 Å². The van der Waals surface area contributed by atoms with Crippen LogP contribution >= 0.6 is 11.6 Å². The van der Waals surface area contributed by atoms with Crippen molar-refractivity contribution in [2.45, 2.75) is 37.0 Å². The highest BCUT2D eigenvalue weighted by atomic mass is 35.5. The van der Waals surface area contributed by atoms with Crippen LogP contribution in [-0.2, 0) is 19.9 Å². The molecule has 0 aliphatic carbocycles. The van der Waals surface area contributed by atoms with E-state index in [1.807, 2.05) is 0 Å². The topological polar surface area (TPSA) is 58.6 Å². The maximum Gasteiger partial charge on any atom is 0.430 e. The van der Waals surface area contributed by atoms with Crippen molar-refractivity contribution in [3.8, 4) is 0 Å². The van der Waals surface area contributed by atoms with Gasteiger partial charge in [0.05, 0.1) is 5.02 Å². The summed E-state index contributed by atoms with van der Waals surface area (Å²) in [5, 5.41) is 2.24. The molecular formula is C25H24ClF5N2O3. The summed E-state index contributed by atoms with van der Waals surface area (Å²) in [5.41, 5.74) is -3.81. The lowest BCUT2D eigenvalue weighted by atomic mass is 9.62. The van der Waals surface area contributed by atoms with Crippen LogP contribution in [0, 0.1) is 17.0 Å². The van der Waals surface area contributed by atoms with E-state index < -0.39 is 45.3 Å². The summed E-state index contributed by atoms with van der Waals surface area (Å²) in [5.74, 6) is -3.05. The minimum absolute atomic E-state index is 0.0556. The summed E-state index contributed by atoms with van der Waals surface area (Å²) in [6.07, 6.45) is -4.51. The van der Waals surface area contributed by atoms with Crippen LogP contribution in [-0.4, -0.2) is 49.6 Å². The lowest BCUT2D eigenvalue weighted by molar-refractivity contribution is -0.271. The van der Waals surface area contributed by atoms with E-state index in [9.17, 15) is 31.5 Å². The first-order valence-corrected chi connectivity index (χ1v) is 11.7. The minimum Gasteiger partial charge on any atom is -0.356 e. The number of piperidine rings is 2. The van der Waals surface area contributed by atoms with E-state index in [1.165, 1.54) is 12.1 Å². The van der Waals surface area contributed by atoms with E-state index in [0.717, 1.165) is 35.8 Å². The number of nitrogens with one attached hydrogen (secondary N) is 1. The fourth-order valence-corrected chi connectivity index (χ4v) is 5.63. The quantitative estimate of drug-likeness (QED) is 0.570. The number of halogens is 6. The van der Waals surface area contributed by atoms with Gasteiger partial charge in [-0.1, -0.05) is 29.8 Å². The largest absolute Gasteiger partial charge is 0.430 e. The highest BCUT2D eigenvalue weighted by Crippen LogP contribution is 2.50. The van der Waals surface area contributed by atoms with E-state index in [1.54, 1.807) is 12.1 Å². The van der Waals surface area contributed by atoms with Crippen LogP contribution in [0.3, 0.4) is 0 Å². The molecule has 1 spiro atoms. The normalized spacial score (nSPS) is 21.7. The van der Waals surface area contributed by atoms with Gasteiger partial charge in [0.25, 0.3) is 11.5 Å². The van der Waals surface area contributed by atoms with Gasteiger partial charge in [0.2, 0.25) is 5.91 Å². The Bertz CT molecular complexity index is 1150. The van der Waals surface area contributed by atoms with E-state index in [0.29, 0.717) is 6.54 Å². The van der Waals surface area contributed by atoms with Crippen LogP contribution < -0.4 is 5.32 Å². The van der Waals surface area contributed by atoms with Gasteiger partial charge in [0.1, 0.15) is 11.6 Å². The predicted octanol–water partition coefficient (Wildman–Crippen LogP) is 4.93. The van der Waals surface area contributed by atoms with Crippen LogP contribution in [0.1, 0.15) is 36.3 Å². The maximum atomic E-state index is 14.4. The van der Waals surface area contributed by atoms with Crippen molar-refractivity contribution in [1.82, 2.24) is 10.2 Å². The summed E-state index contributed by atoms with van der Waals surface area (Å²) in [6, 6.07) is 8.24. The third-order valence-corrected chi connectivity index (χ3v) is 7.70. The summed E-state index contributed by atoms with van der Waals surface area (Å²) < 4.78 is 75.3. The molecule has 2 atom stereocenters. The van der Waals surface area contributed by atoms with Gasteiger partial charge in [-0.3, -0.25) is 9.59 Å². The second-order valence-corrected chi connectivity index (χ2v) is 9.66. The standard InChI is InChI=1S/C25H24ClF5N2O3/c1-36-24(25(29,30)31,16-4-7-20(28)19(26)12-16)22(35)33-10-8-23(9-11-33)13-21(34)32-14-18(23)15-2-5-17(27)6-3-15/h2-7,12,18H,8-11,13-14H2,1H3,(H,32,34)/t18-,24+/m0/s1. The summed E-state index contributed by atoms with van der Waals surface area (Å²) in [4.78, 5) is 26.8. The summed E-state index contributed by atoms with van der Waals surface area (Å²) >= 11 is 5.73. The molecule has 2 amide bonds. The molecule has 0 saturated carbocycles. The highest BCUT2D eigenvalue weighted by molar-refractivity contribution is 6.30. The molecule has 2 aliphatic rings. The van der Waals surface area contributed by atoms with Crippen LogP contribution in [0.5, 0.6) is 0 Å². The fraction of sp³-hybridized carbons (Fsp3) is 0.440. The molecule has 2 saturated heterocycles. The molecule has 194 valence electrons. The molecule has 0 unspecified atom stereocenters. The molecule has 0 bridgehead atoms. The number of benzene rings is 2. The number of carbonyl (C=O) groups excluding carboxylic acids is 2. The van der Waals surface area contributed by atoms with Gasteiger partial charge < -0.3 is 15.0 Å². The van der Waals surface area contributed by atoms with Crippen LogP contribution in [0.25, 0.3) is 0 Å². The highest BCUT2D eigenvalue weighted by Gasteiger charge is 2.64. The Hall–Kier alpha value is -2.72. The molecule has 2 aromatic rings. The van der Waals surface area contributed by atoms with Crippen molar-refractivity contribution in [1.29, 1.82) is 0 Å². The number of hydrogen-bond acceptors (Lipinski definition) is 3. The maximum absolute atomic E-state index is 14.4. The second-order valence-electron chi connectivity index (χ2n) is 9.25. The van der Waals surface area contributed by atoms with Gasteiger partial charge in [0, 0.05) is 44.6 Å². The van der Waals surface area contributed by atoms with Gasteiger partial charge in [-0.15, -0.1) is 0 Å². The Labute approximate surface area is 209 Å². The lowest BCUT2D eigenvalue weighted by Crippen LogP contribution is -2.60. The molecule has 2 aromatic carbocycles. The Morgan fingerprint density at radius 3 is 2.31 bits per heavy atom. The van der Waals surface area contributed by atoms with E-state index in [4.69, 9.17) is 16.3 Å². The molecule has 5 nitrogen and oxygen atoms in total. The molecule has 2 heterocycles. The molecule has 1 N–H and O–H groups in total. The fourth-order valence-electron chi connectivity index (χ4n) is 5.45. The van der Waals surface area contributed by atoms with Gasteiger partial charge in [-0.2, -0.15) is 13.2 Å². The molecule has 4 rings (SSSR count). The number of ether oxygens (including phenoxy) is 1. The monoisotopic (exact) mass is 530 g/mol. The van der Waals surface area contributed by atoms with E-state index in [2.05, 4.69) is 5.32 Å². The van der Waals surface area contributed by atoms with Crippen LogP contribution in [0.2, 0.25) is 5.02 Å². The number of alkyl halides is 3. The first-order valence-electron chi connectivity index (χ1n) is 11.3. The van der Waals surface area contributed by atoms with Gasteiger partial charge in [-0.05, 0) is 48.1 Å². The Kier molecular flexibility index (Phi) is 7.04. The van der Waals surface area contributed by atoms with Crippen LogP contribution in [0.15, 0.2) is 42.5 Å². The van der Waals surface area contributed by atoms with Gasteiger partial charge >= 0.3 is 6.18 Å². The van der Waals surface area contributed by atoms with Crippen LogP contribution in [0.4, 0.5) is 22.0 Å². The first kappa shape index (κ1) is 26.3. The second kappa shape index (κ2) is 9.63. The molecule has 0 radical (unpaired) electrons. The zero-order valence-electron chi connectivity index (χ0n) is 19.3. The number of hydrogen-bond donors (Lipinski definition) is 1. The average molecular weight is 531 g/mol. The van der Waals surface area contributed by atoms with Gasteiger partial charge in [-0.25, -0.2) is 8.78 Å². The predicted molar refractivity (Wildman–Crippen MR) is 121 cm³/mol. The number of amides is 2. The summed E-state index contributed by atoms with van der Waals surface area (Å²) in [6.45, 7) is 0.191. The number of nitrogens with zero attached hydrogens (tertiary/aromatic N) is 1. The summed E-state index contributed by atoms with van der Waals surface area (Å²) in [7, 11) is 0.768. The van der Waals surface area contributed by atoms with E-state index >= 15 is 0 Å². The first-order chi connectivity index (χ1) is 16.9. The third kappa shape index (κ3) is 4.45. The van der Waals surface area contributed by atoms with Crippen molar-refractivity contribution in [2.75, 3.05) is 26.7 Å². The van der Waals surface area contributed by atoms with Gasteiger partial charge in [0.15, 0.2) is 0 Å². The Morgan fingerprint density at radius 2 is 1.75 bits per heavy atom. The number of likely N-dealkylation sites (tertiary alicyclic amines) is 1. The molecule has 36 heavy (non-hydrogen) atoms. The molecule has 2 fully saturated rings. The van der Waals surface area contributed by atoms with E-state index in [-0.39, 0.29) is 44.2 Å². The lowest BCUT2D eigenvalue weighted by Gasteiger charge is -2.50.